The van der Waals surface area contributed by atoms with Crippen LogP contribution < -0.4 is 0 Å². The molecule has 1 aromatic carbocycles. The maximum absolute atomic E-state index is 6.08. The third-order valence-corrected chi connectivity index (χ3v) is 4.39. The van der Waals surface area contributed by atoms with Crippen LogP contribution in [0.3, 0.4) is 0 Å². The van der Waals surface area contributed by atoms with Gasteiger partial charge < -0.3 is 0 Å². The monoisotopic (exact) mass is 343 g/mol. The zero-order valence-corrected chi connectivity index (χ0v) is 13.1. The van der Waals surface area contributed by atoms with Gasteiger partial charge in [0.15, 0.2) is 10.8 Å². The quantitative estimate of drug-likeness (QED) is 0.628. The lowest BCUT2D eigenvalue weighted by Crippen LogP contribution is -1.89. The minimum absolute atomic E-state index is 0.486. The van der Waals surface area contributed by atoms with Gasteiger partial charge in [-0.15, -0.1) is 10.2 Å². The number of halogens is 3. The highest BCUT2D eigenvalue weighted by Crippen LogP contribution is 2.27. The van der Waals surface area contributed by atoms with E-state index in [2.05, 4.69) is 10.2 Å². The highest BCUT2D eigenvalue weighted by atomic mass is 35.5. The topological polar surface area (TPSA) is 30.2 Å². The van der Waals surface area contributed by atoms with Crippen LogP contribution in [0.2, 0.25) is 15.1 Å². The van der Waals surface area contributed by atoms with E-state index in [1.807, 2.05) is 24.3 Å². The zero-order chi connectivity index (χ0) is 14.1. The first-order valence-electron chi connectivity index (χ1n) is 5.70. The smallest absolute Gasteiger partial charge is 0.196 e. The summed E-state index contributed by atoms with van der Waals surface area (Å²) in [7, 11) is 0. The second kappa shape index (κ2) is 5.82. The molecule has 102 valence electrons. The molecule has 0 atom stereocenters. The molecule has 0 saturated carbocycles. The van der Waals surface area contributed by atoms with Gasteiger partial charge in [0, 0.05) is 17.0 Å². The van der Waals surface area contributed by atoms with E-state index in [1.54, 1.807) is 28.4 Å². The van der Waals surface area contributed by atoms with Crippen molar-refractivity contribution in [1.29, 1.82) is 0 Å². The van der Waals surface area contributed by atoms with E-state index in [0.29, 0.717) is 15.7 Å². The average Bonchev–Trinajstić information content (AvgIpc) is 2.80. The molecule has 0 unspecified atom stereocenters. The molecule has 0 spiro atoms. The van der Waals surface area contributed by atoms with E-state index in [0.717, 1.165) is 21.5 Å². The van der Waals surface area contributed by atoms with Gasteiger partial charge in [-0.25, -0.2) is 0 Å². The number of fused-ring (bicyclic) bond motifs is 1. The van der Waals surface area contributed by atoms with Crippen LogP contribution in [0.4, 0.5) is 0 Å². The van der Waals surface area contributed by atoms with Crippen molar-refractivity contribution in [1.82, 2.24) is 14.6 Å². The normalized spacial score (nSPS) is 11.2. The van der Waals surface area contributed by atoms with Gasteiger partial charge in [0.2, 0.25) is 0 Å². The van der Waals surface area contributed by atoms with Gasteiger partial charge in [0.25, 0.3) is 0 Å². The largest absolute Gasteiger partial charge is 0.275 e. The Morgan fingerprint density at radius 3 is 2.70 bits per heavy atom. The Kier molecular flexibility index (Phi) is 4.08. The number of hydrogen-bond acceptors (Lipinski definition) is 3. The summed E-state index contributed by atoms with van der Waals surface area (Å²) in [4.78, 5) is 0. The first-order chi connectivity index (χ1) is 9.63. The van der Waals surface area contributed by atoms with Crippen molar-refractivity contribution in [3.63, 3.8) is 0 Å². The van der Waals surface area contributed by atoms with E-state index in [4.69, 9.17) is 34.8 Å². The van der Waals surface area contributed by atoms with Crippen LogP contribution in [0.25, 0.3) is 5.65 Å². The van der Waals surface area contributed by atoms with Crippen LogP contribution in [0.15, 0.2) is 41.7 Å². The first-order valence-corrected chi connectivity index (χ1v) is 7.82. The lowest BCUT2D eigenvalue weighted by molar-refractivity contribution is 0.921. The van der Waals surface area contributed by atoms with E-state index >= 15 is 0 Å². The molecule has 0 bridgehead atoms. The minimum atomic E-state index is 0.486. The highest BCUT2D eigenvalue weighted by Gasteiger charge is 2.10. The number of benzene rings is 1. The van der Waals surface area contributed by atoms with Crippen LogP contribution in [0, 0.1) is 0 Å². The van der Waals surface area contributed by atoms with Crippen molar-refractivity contribution < 1.29 is 0 Å². The predicted octanol–water partition coefficient (Wildman–Crippen LogP) is 4.98. The fourth-order valence-electron chi connectivity index (χ4n) is 1.78. The second-order valence-electron chi connectivity index (χ2n) is 4.10. The van der Waals surface area contributed by atoms with E-state index < -0.39 is 0 Å². The molecule has 2 aromatic heterocycles. The van der Waals surface area contributed by atoms with Crippen molar-refractivity contribution in [3.8, 4) is 0 Å². The number of hydrogen-bond donors (Lipinski definition) is 0. The van der Waals surface area contributed by atoms with Crippen molar-refractivity contribution in [2.24, 2.45) is 0 Å². The lowest BCUT2D eigenvalue weighted by Gasteiger charge is -2.02. The molecule has 20 heavy (non-hydrogen) atoms. The molecule has 0 fully saturated rings. The molecular formula is C13H8Cl3N3S. The average molecular weight is 345 g/mol. The van der Waals surface area contributed by atoms with E-state index in [1.165, 1.54) is 0 Å². The van der Waals surface area contributed by atoms with Gasteiger partial charge in [-0.3, -0.25) is 4.40 Å². The molecule has 0 aliphatic carbocycles. The summed E-state index contributed by atoms with van der Waals surface area (Å²) in [6, 6.07) is 9.37. The fraction of sp³-hybridized carbons (Fsp3) is 0.0769. The molecule has 3 rings (SSSR count). The molecular weight excluding hydrogens is 337 g/mol. The molecule has 0 amide bonds. The lowest BCUT2D eigenvalue weighted by atomic mass is 10.2. The van der Waals surface area contributed by atoms with Gasteiger partial charge in [-0.1, -0.05) is 58.7 Å². The number of aromatic nitrogens is 3. The van der Waals surface area contributed by atoms with Crippen LogP contribution in [0.5, 0.6) is 0 Å². The molecule has 0 saturated heterocycles. The van der Waals surface area contributed by atoms with Crippen LogP contribution in [-0.2, 0) is 5.75 Å². The van der Waals surface area contributed by atoms with Crippen molar-refractivity contribution in [2.45, 2.75) is 10.9 Å². The number of nitrogens with zero attached hydrogens (tertiary/aromatic N) is 3. The Morgan fingerprint density at radius 2 is 1.90 bits per heavy atom. The van der Waals surface area contributed by atoms with Crippen molar-refractivity contribution in [2.75, 3.05) is 0 Å². The number of pyridine rings is 1. The summed E-state index contributed by atoms with van der Waals surface area (Å²) < 4.78 is 1.79. The van der Waals surface area contributed by atoms with Gasteiger partial charge >= 0.3 is 0 Å². The first kappa shape index (κ1) is 14.0. The summed E-state index contributed by atoms with van der Waals surface area (Å²) >= 11 is 19.6. The Bertz CT molecular complexity index is 773. The Hall–Kier alpha value is -0.940. The van der Waals surface area contributed by atoms with Crippen molar-refractivity contribution >= 4 is 52.2 Å². The fourth-order valence-corrected chi connectivity index (χ4v) is 3.35. The second-order valence-corrected chi connectivity index (χ2v) is 6.32. The maximum atomic E-state index is 6.08. The molecule has 0 aliphatic rings. The zero-order valence-electron chi connectivity index (χ0n) is 10.1. The molecule has 3 aromatic rings. The predicted molar refractivity (Wildman–Crippen MR) is 84.0 cm³/mol. The summed E-state index contributed by atoms with van der Waals surface area (Å²) in [5, 5.41) is 10.7. The number of rotatable bonds is 3. The van der Waals surface area contributed by atoms with E-state index in [9.17, 15) is 0 Å². The third kappa shape index (κ3) is 2.88. The van der Waals surface area contributed by atoms with Gasteiger partial charge in [-0.2, -0.15) is 0 Å². The summed E-state index contributed by atoms with van der Waals surface area (Å²) in [6.45, 7) is 0. The molecule has 7 heteroatoms. The molecule has 0 N–H and O–H groups in total. The van der Waals surface area contributed by atoms with Crippen molar-refractivity contribution in [3.05, 3.63) is 57.2 Å². The minimum Gasteiger partial charge on any atom is -0.275 e. The third-order valence-electron chi connectivity index (χ3n) is 2.65. The Morgan fingerprint density at radius 1 is 1.05 bits per heavy atom. The Balaban J connectivity index is 1.88. The van der Waals surface area contributed by atoms with Crippen LogP contribution in [-0.4, -0.2) is 14.6 Å². The van der Waals surface area contributed by atoms with Gasteiger partial charge in [-0.05, 0) is 23.8 Å². The maximum Gasteiger partial charge on any atom is 0.196 e. The van der Waals surface area contributed by atoms with Gasteiger partial charge in [0.05, 0.1) is 10.0 Å². The molecule has 2 heterocycles. The SMILES string of the molecule is Clc1cccc(CSc2nnc3c(Cl)cc(Cl)cn23)c1. The van der Waals surface area contributed by atoms with Crippen LogP contribution >= 0.6 is 46.6 Å². The Labute approximate surface area is 134 Å². The van der Waals surface area contributed by atoms with Crippen LogP contribution in [0.1, 0.15) is 5.56 Å². The summed E-state index contributed by atoms with van der Waals surface area (Å²) in [5.74, 6) is 0.742. The summed E-state index contributed by atoms with van der Waals surface area (Å²) in [6.07, 6.45) is 1.75. The molecule has 0 radical (unpaired) electrons. The highest BCUT2D eigenvalue weighted by molar-refractivity contribution is 7.98. The van der Waals surface area contributed by atoms with E-state index in [-0.39, 0.29) is 0 Å². The molecule has 0 aliphatic heterocycles. The standard InChI is InChI=1S/C13H8Cl3N3S/c14-9-3-1-2-8(4-9)7-20-13-18-17-12-11(16)5-10(15)6-19(12)13/h1-6H,7H2. The molecule has 3 nitrogen and oxygen atoms in total. The number of thioether (sulfide) groups is 1. The summed E-state index contributed by atoms with van der Waals surface area (Å²) in [5.41, 5.74) is 1.72. The van der Waals surface area contributed by atoms with Gasteiger partial charge in [0.1, 0.15) is 0 Å².